The van der Waals surface area contributed by atoms with Gasteiger partial charge in [0.05, 0.1) is 0 Å². The molecule has 0 radical (unpaired) electrons. The van der Waals surface area contributed by atoms with Gasteiger partial charge in [-0.1, -0.05) is 0 Å². The molecule has 0 saturated carbocycles. The number of thioether (sulfide) groups is 1. The highest BCUT2D eigenvalue weighted by atomic mass is 32.2. The van der Waals surface area contributed by atoms with Crippen molar-refractivity contribution in [2.75, 3.05) is 11.5 Å². The predicted octanol–water partition coefficient (Wildman–Crippen LogP) is 1.75. The van der Waals surface area contributed by atoms with Crippen LogP contribution < -0.4 is 0 Å². The third-order valence-corrected chi connectivity index (χ3v) is 3.61. The van der Waals surface area contributed by atoms with Crippen LogP contribution in [-0.2, 0) is 7.05 Å². The molecule has 0 aromatic carbocycles. The van der Waals surface area contributed by atoms with E-state index in [4.69, 9.17) is 0 Å². The molecule has 1 aromatic heterocycles. The van der Waals surface area contributed by atoms with Crippen molar-refractivity contribution in [1.29, 1.82) is 0 Å². The van der Waals surface area contributed by atoms with Crippen LogP contribution in [0, 0.1) is 5.92 Å². The molecule has 2 heterocycles. The molecule has 1 aliphatic rings. The maximum Gasteiger partial charge on any atom is 0.186 e. The normalized spacial score (nSPS) is 18.4. The zero-order valence-electron chi connectivity index (χ0n) is 8.27. The molecule has 1 aromatic rings. The first kappa shape index (κ1) is 9.77. The van der Waals surface area contributed by atoms with Gasteiger partial charge < -0.3 is 0 Å². The third-order valence-electron chi connectivity index (χ3n) is 2.56. The second-order valence-electron chi connectivity index (χ2n) is 3.63. The van der Waals surface area contributed by atoms with Gasteiger partial charge in [-0.15, -0.1) is 0 Å². The van der Waals surface area contributed by atoms with E-state index in [1.54, 1.807) is 4.68 Å². The van der Waals surface area contributed by atoms with Gasteiger partial charge in [-0.3, -0.25) is 9.48 Å². The SMILES string of the molecule is Cn1ccc(C(=O)C2CCSCC2)n1. The van der Waals surface area contributed by atoms with Crippen molar-refractivity contribution in [3.05, 3.63) is 18.0 Å². The first-order valence-electron chi connectivity index (χ1n) is 4.89. The Balaban J connectivity index is 2.07. The van der Waals surface area contributed by atoms with Crippen LogP contribution in [-0.4, -0.2) is 27.1 Å². The number of rotatable bonds is 2. The molecule has 4 heteroatoms. The van der Waals surface area contributed by atoms with Gasteiger partial charge in [0.1, 0.15) is 5.69 Å². The number of ketones is 1. The molecule has 0 aliphatic carbocycles. The van der Waals surface area contributed by atoms with Gasteiger partial charge >= 0.3 is 0 Å². The maximum absolute atomic E-state index is 11.9. The number of carbonyl (C=O) groups excluding carboxylic acids is 1. The molecule has 0 N–H and O–H groups in total. The fourth-order valence-electron chi connectivity index (χ4n) is 1.72. The Morgan fingerprint density at radius 3 is 2.86 bits per heavy atom. The van der Waals surface area contributed by atoms with Gasteiger partial charge in [-0.2, -0.15) is 16.9 Å². The quantitative estimate of drug-likeness (QED) is 0.697. The fraction of sp³-hybridized carbons (Fsp3) is 0.600. The summed E-state index contributed by atoms with van der Waals surface area (Å²) in [6.07, 6.45) is 3.85. The molecule has 0 amide bonds. The highest BCUT2D eigenvalue weighted by Gasteiger charge is 2.23. The summed E-state index contributed by atoms with van der Waals surface area (Å²) in [7, 11) is 1.84. The molecule has 1 aliphatic heterocycles. The minimum absolute atomic E-state index is 0.214. The molecule has 0 unspecified atom stereocenters. The third kappa shape index (κ3) is 2.00. The summed E-state index contributed by atoms with van der Waals surface area (Å²) >= 11 is 1.94. The van der Waals surface area contributed by atoms with Crippen molar-refractivity contribution in [3.8, 4) is 0 Å². The summed E-state index contributed by atoms with van der Waals surface area (Å²) in [6.45, 7) is 0. The highest BCUT2D eigenvalue weighted by Crippen LogP contribution is 2.25. The van der Waals surface area contributed by atoms with Crippen LogP contribution in [0.1, 0.15) is 23.3 Å². The van der Waals surface area contributed by atoms with E-state index < -0.39 is 0 Å². The average Bonchev–Trinajstić information content (AvgIpc) is 2.65. The van der Waals surface area contributed by atoms with Gasteiger partial charge in [0.15, 0.2) is 5.78 Å². The maximum atomic E-state index is 11.9. The topological polar surface area (TPSA) is 34.9 Å². The number of carbonyl (C=O) groups is 1. The van der Waals surface area contributed by atoms with E-state index in [2.05, 4.69) is 5.10 Å². The molecule has 14 heavy (non-hydrogen) atoms. The number of aromatic nitrogens is 2. The van der Waals surface area contributed by atoms with Gasteiger partial charge in [0.25, 0.3) is 0 Å². The number of hydrogen-bond acceptors (Lipinski definition) is 3. The van der Waals surface area contributed by atoms with Crippen LogP contribution in [0.3, 0.4) is 0 Å². The van der Waals surface area contributed by atoms with Gasteiger partial charge in [-0.25, -0.2) is 0 Å². The van der Waals surface area contributed by atoms with Crippen LogP contribution in [0.15, 0.2) is 12.3 Å². The van der Waals surface area contributed by atoms with Crippen LogP contribution in [0.4, 0.5) is 0 Å². The number of Topliss-reactive ketones (excluding diaryl/α,β-unsaturated/α-hetero) is 1. The predicted molar refractivity (Wildman–Crippen MR) is 57.6 cm³/mol. The number of hydrogen-bond donors (Lipinski definition) is 0. The molecule has 1 saturated heterocycles. The summed E-state index contributed by atoms with van der Waals surface area (Å²) in [5.74, 6) is 2.67. The van der Waals surface area contributed by atoms with Crippen LogP contribution >= 0.6 is 11.8 Å². The minimum Gasteiger partial charge on any atom is -0.292 e. The summed E-state index contributed by atoms with van der Waals surface area (Å²) in [6, 6.07) is 1.81. The lowest BCUT2D eigenvalue weighted by Gasteiger charge is -2.18. The standard InChI is InChI=1S/C10H14N2OS/c1-12-5-2-9(11-12)10(13)8-3-6-14-7-4-8/h2,5,8H,3-4,6-7H2,1H3. The fourth-order valence-corrected chi connectivity index (χ4v) is 2.82. The minimum atomic E-state index is 0.214. The Labute approximate surface area is 87.9 Å². The lowest BCUT2D eigenvalue weighted by molar-refractivity contribution is 0.0907. The lowest BCUT2D eigenvalue weighted by atomic mass is 9.96. The Morgan fingerprint density at radius 2 is 2.29 bits per heavy atom. The van der Waals surface area contributed by atoms with E-state index in [1.807, 2.05) is 31.1 Å². The molecule has 1 fully saturated rings. The van der Waals surface area contributed by atoms with E-state index in [0.29, 0.717) is 5.69 Å². The van der Waals surface area contributed by atoms with Crippen molar-refractivity contribution in [3.63, 3.8) is 0 Å². The average molecular weight is 210 g/mol. The van der Waals surface area contributed by atoms with Crippen LogP contribution in [0.2, 0.25) is 0 Å². The second-order valence-corrected chi connectivity index (χ2v) is 4.85. The van der Waals surface area contributed by atoms with Gasteiger partial charge in [0.2, 0.25) is 0 Å². The van der Waals surface area contributed by atoms with Crippen molar-refractivity contribution in [2.24, 2.45) is 13.0 Å². The van der Waals surface area contributed by atoms with E-state index >= 15 is 0 Å². The lowest BCUT2D eigenvalue weighted by Crippen LogP contribution is -2.20. The highest BCUT2D eigenvalue weighted by molar-refractivity contribution is 7.99. The Hall–Kier alpha value is -0.770. The van der Waals surface area contributed by atoms with Gasteiger partial charge in [-0.05, 0) is 30.4 Å². The number of aryl methyl sites for hydroxylation is 1. The van der Waals surface area contributed by atoms with Crippen molar-refractivity contribution in [2.45, 2.75) is 12.8 Å². The summed E-state index contributed by atoms with van der Waals surface area (Å²) in [5.41, 5.74) is 0.629. The monoisotopic (exact) mass is 210 g/mol. The summed E-state index contributed by atoms with van der Waals surface area (Å²) in [4.78, 5) is 11.9. The smallest absolute Gasteiger partial charge is 0.186 e. The molecule has 0 bridgehead atoms. The van der Waals surface area contributed by atoms with E-state index in [1.165, 1.54) is 0 Å². The van der Waals surface area contributed by atoms with Crippen molar-refractivity contribution >= 4 is 17.5 Å². The molecule has 0 atom stereocenters. The molecule has 2 rings (SSSR count). The zero-order chi connectivity index (χ0) is 9.97. The molecule has 3 nitrogen and oxygen atoms in total. The zero-order valence-corrected chi connectivity index (χ0v) is 9.09. The first-order chi connectivity index (χ1) is 6.77. The number of nitrogens with zero attached hydrogens (tertiary/aromatic N) is 2. The Morgan fingerprint density at radius 1 is 1.57 bits per heavy atom. The summed E-state index contributed by atoms with van der Waals surface area (Å²) < 4.78 is 1.69. The van der Waals surface area contributed by atoms with Crippen LogP contribution in [0.5, 0.6) is 0 Å². The van der Waals surface area contributed by atoms with E-state index in [0.717, 1.165) is 24.3 Å². The largest absolute Gasteiger partial charge is 0.292 e. The van der Waals surface area contributed by atoms with Gasteiger partial charge in [0, 0.05) is 19.2 Å². The van der Waals surface area contributed by atoms with Crippen molar-refractivity contribution < 1.29 is 4.79 Å². The van der Waals surface area contributed by atoms with Crippen LogP contribution in [0.25, 0.3) is 0 Å². The Bertz CT molecular complexity index is 329. The molecular weight excluding hydrogens is 196 g/mol. The Kier molecular flexibility index (Phi) is 2.91. The molecule has 0 spiro atoms. The van der Waals surface area contributed by atoms with Crippen molar-refractivity contribution in [1.82, 2.24) is 9.78 Å². The molecule has 76 valence electrons. The first-order valence-corrected chi connectivity index (χ1v) is 6.04. The second kappa shape index (κ2) is 4.17. The van der Waals surface area contributed by atoms with E-state index in [9.17, 15) is 4.79 Å². The molecular formula is C10H14N2OS. The van der Waals surface area contributed by atoms with E-state index in [-0.39, 0.29) is 11.7 Å². The summed E-state index contributed by atoms with van der Waals surface area (Å²) in [5, 5.41) is 4.15.